The normalized spacial score (nSPS) is 12.3. The van der Waals surface area contributed by atoms with Crippen LogP contribution < -0.4 is 5.32 Å². The first-order valence-corrected chi connectivity index (χ1v) is 6.69. The number of hydrogen-bond acceptors (Lipinski definition) is 2. The monoisotopic (exact) mass is 258 g/mol. The maximum Gasteiger partial charge on any atom is 0.127 e. The van der Waals surface area contributed by atoms with Crippen LogP contribution >= 0.6 is 0 Å². The van der Waals surface area contributed by atoms with Gasteiger partial charge in [-0.05, 0) is 24.6 Å². The van der Waals surface area contributed by atoms with Crippen LogP contribution in [0, 0.1) is 5.82 Å². The minimum Gasteiger partial charge on any atom is -0.309 e. The fraction of sp³-hybridized carbons (Fsp3) is 0.312. The average Bonchev–Trinajstić information content (AvgIpc) is 2.46. The van der Waals surface area contributed by atoms with Gasteiger partial charge in [0, 0.05) is 36.5 Å². The lowest BCUT2D eigenvalue weighted by molar-refractivity contribution is 0.490. The summed E-state index contributed by atoms with van der Waals surface area (Å²) in [7, 11) is 0. The van der Waals surface area contributed by atoms with Crippen molar-refractivity contribution in [2.75, 3.05) is 6.54 Å². The van der Waals surface area contributed by atoms with Gasteiger partial charge in [0.05, 0.1) is 0 Å². The maximum atomic E-state index is 13.7. The van der Waals surface area contributed by atoms with E-state index in [1.807, 2.05) is 30.3 Å². The molecular weight excluding hydrogens is 239 g/mol. The number of benzene rings is 1. The molecule has 0 saturated carbocycles. The molecular formula is C16H19FN2. The molecule has 0 radical (unpaired) electrons. The Kier molecular flexibility index (Phi) is 5.04. The van der Waals surface area contributed by atoms with Gasteiger partial charge in [-0.15, -0.1) is 0 Å². The molecule has 1 aromatic heterocycles. The lowest BCUT2D eigenvalue weighted by atomic mass is 10.0. The molecule has 0 aliphatic rings. The van der Waals surface area contributed by atoms with Crippen molar-refractivity contribution in [2.45, 2.75) is 25.8 Å². The predicted molar refractivity (Wildman–Crippen MR) is 75.4 cm³/mol. The van der Waals surface area contributed by atoms with Crippen LogP contribution in [0.2, 0.25) is 0 Å². The van der Waals surface area contributed by atoms with E-state index in [0.717, 1.165) is 30.6 Å². The van der Waals surface area contributed by atoms with Crippen LogP contribution in [0.15, 0.2) is 48.7 Å². The van der Waals surface area contributed by atoms with Crippen LogP contribution in [0.25, 0.3) is 0 Å². The second-order valence-corrected chi connectivity index (χ2v) is 4.51. The van der Waals surface area contributed by atoms with Crippen molar-refractivity contribution in [1.82, 2.24) is 10.3 Å². The number of nitrogens with one attached hydrogen (secondary N) is 1. The summed E-state index contributed by atoms with van der Waals surface area (Å²) in [6, 6.07) is 12.9. The molecule has 19 heavy (non-hydrogen) atoms. The number of nitrogens with zero attached hydrogens (tertiary/aromatic N) is 1. The van der Waals surface area contributed by atoms with Gasteiger partial charge in [-0.3, -0.25) is 4.98 Å². The zero-order valence-corrected chi connectivity index (χ0v) is 11.1. The third kappa shape index (κ3) is 3.86. The van der Waals surface area contributed by atoms with E-state index < -0.39 is 0 Å². The Balaban J connectivity index is 1.92. The summed E-state index contributed by atoms with van der Waals surface area (Å²) in [5.74, 6) is -0.139. The zero-order chi connectivity index (χ0) is 13.5. The highest BCUT2D eigenvalue weighted by Crippen LogP contribution is 2.19. The van der Waals surface area contributed by atoms with E-state index in [1.165, 1.54) is 6.07 Å². The summed E-state index contributed by atoms with van der Waals surface area (Å²) in [5, 5.41) is 3.40. The second kappa shape index (κ2) is 7.00. The number of rotatable bonds is 6. The number of aromatic nitrogens is 1. The first-order valence-electron chi connectivity index (χ1n) is 6.69. The Hall–Kier alpha value is -1.74. The van der Waals surface area contributed by atoms with E-state index in [4.69, 9.17) is 0 Å². The molecule has 100 valence electrons. The molecule has 0 spiro atoms. The highest BCUT2D eigenvalue weighted by atomic mass is 19.1. The molecule has 0 aliphatic carbocycles. The standard InChI is InChI=1S/C16H19FN2/c1-2-16(14-8-3-4-9-15(14)17)19-12-10-13-7-5-6-11-18-13/h3-9,11,16,19H,2,10,12H2,1H3. The summed E-state index contributed by atoms with van der Waals surface area (Å²) in [5.41, 5.74) is 1.80. The van der Waals surface area contributed by atoms with E-state index >= 15 is 0 Å². The lowest BCUT2D eigenvalue weighted by Gasteiger charge is -2.17. The van der Waals surface area contributed by atoms with Gasteiger partial charge in [0.25, 0.3) is 0 Å². The maximum absolute atomic E-state index is 13.7. The fourth-order valence-corrected chi connectivity index (χ4v) is 2.15. The molecule has 0 saturated heterocycles. The summed E-state index contributed by atoms with van der Waals surface area (Å²) in [4.78, 5) is 4.28. The molecule has 2 rings (SSSR count). The molecule has 1 N–H and O–H groups in total. The van der Waals surface area contributed by atoms with E-state index in [-0.39, 0.29) is 11.9 Å². The van der Waals surface area contributed by atoms with E-state index in [1.54, 1.807) is 12.3 Å². The minimum atomic E-state index is -0.139. The largest absolute Gasteiger partial charge is 0.309 e. The van der Waals surface area contributed by atoms with Crippen molar-refractivity contribution in [1.29, 1.82) is 0 Å². The third-order valence-electron chi connectivity index (χ3n) is 3.19. The zero-order valence-electron chi connectivity index (χ0n) is 11.1. The molecule has 3 heteroatoms. The molecule has 1 unspecified atom stereocenters. The van der Waals surface area contributed by atoms with Crippen LogP contribution in [0.4, 0.5) is 4.39 Å². The van der Waals surface area contributed by atoms with E-state index in [9.17, 15) is 4.39 Å². The SMILES string of the molecule is CCC(NCCc1ccccn1)c1ccccc1F. The van der Waals surface area contributed by atoms with Crippen molar-refractivity contribution < 1.29 is 4.39 Å². The van der Waals surface area contributed by atoms with Gasteiger partial charge in [0.1, 0.15) is 5.82 Å². The summed E-state index contributed by atoms with van der Waals surface area (Å²) in [6.45, 7) is 2.86. The predicted octanol–water partition coefficient (Wildman–Crippen LogP) is 3.50. The Morgan fingerprint density at radius 3 is 2.63 bits per heavy atom. The summed E-state index contributed by atoms with van der Waals surface area (Å²) < 4.78 is 13.7. The highest BCUT2D eigenvalue weighted by Gasteiger charge is 2.12. The Bertz CT molecular complexity index is 499. The Morgan fingerprint density at radius 1 is 1.16 bits per heavy atom. The van der Waals surface area contributed by atoms with Gasteiger partial charge in [-0.1, -0.05) is 31.2 Å². The number of halogens is 1. The molecule has 1 atom stereocenters. The first-order chi connectivity index (χ1) is 9.31. The summed E-state index contributed by atoms with van der Waals surface area (Å²) >= 11 is 0. The van der Waals surface area contributed by atoms with E-state index in [2.05, 4.69) is 17.2 Å². The number of pyridine rings is 1. The summed E-state index contributed by atoms with van der Waals surface area (Å²) in [6.07, 6.45) is 3.51. The van der Waals surface area contributed by atoms with Gasteiger partial charge >= 0.3 is 0 Å². The van der Waals surface area contributed by atoms with Gasteiger partial charge in [0.15, 0.2) is 0 Å². The fourth-order valence-electron chi connectivity index (χ4n) is 2.15. The minimum absolute atomic E-state index is 0.0601. The molecule has 0 bridgehead atoms. The first kappa shape index (κ1) is 13.7. The quantitative estimate of drug-likeness (QED) is 0.857. The van der Waals surface area contributed by atoms with Gasteiger partial charge in [-0.25, -0.2) is 4.39 Å². The second-order valence-electron chi connectivity index (χ2n) is 4.51. The smallest absolute Gasteiger partial charge is 0.127 e. The molecule has 2 nitrogen and oxygen atoms in total. The number of hydrogen-bond donors (Lipinski definition) is 1. The molecule has 0 amide bonds. The van der Waals surface area contributed by atoms with Crippen molar-refractivity contribution >= 4 is 0 Å². The Labute approximate surface area is 113 Å². The van der Waals surface area contributed by atoms with Crippen molar-refractivity contribution in [2.24, 2.45) is 0 Å². The van der Waals surface area contributed by atoms with Crippen molar-refractivity contribution in [3.8, 4) is 0 Å². The van der Waals surface area contributed by atoms with Gasteiger partial charge < -0.3 is 5.32 Å². The molecule has 1 aromatic carbocycles. The van der Waals surface area contributed by atoms with Crippen LogP contribution in [-0.4, -0.2) is 11.5 Å². The molecule has 0 fully saturated rings. The van der Waals surface area contributed by atoms with Crippen LogP contribution in [0.1, 0.15) is 30.6 Å². The van der Waals surface area contributed by atoms with Gasteiger partial charge in [-0.2, -0.15) is 0 Å². The highest BCUT2D eigenvalue weighted by molar-refractivity contribution is 5.21. The van der Waals surface area contributed by atoms with Crippen LogP contribution in [0.3, 0.4) is 0 Å². The Morgan fingerprint density at radius 2 is 1.95 bits per heavy atom. The lowest BCUT2D eigenvalue weighted by Crippen LogP contribution is -2.24. The molecule has 1 heterocycles. The van der Waals surface area contributed by atoms with Crippen LogP contribution in [0.5, 0.6) is 0 Å². The van der Waals surface area contributed by atoms with Gasteiger partial charge in [0.2, 0.25) is 0 Å². The van der Waals surface area contributed by atoms with Crippen LogP contribution in [-0.2, 0) is 6.42 Å². The van der Waals surface area contributed by atoms with Crippen molar-refractivity contribution in [3.63, 3.8) is 0 Å². The molecule has 2 aromatic rings. The molecule has 0 aliphatic heterocycles. The van der Waals surface area contributed by atoms with Crippen molar-refractivity contribution in [3.05, 3.63) is 65.7 Å². The topological polar surface area (TPSA) is 24.9 Å². The average molecular weight is 258 g/mol. The van der Waals surface area contributed by atoms with E-state index in [0.29, 0.717) is 0 Å². The third-order valence-corrected chi connectivity index (χ3v) is 3.19.